The second kappa shape index (κ2) is 9.98. The molecule has 152 valence electrons. The van der Waals surface area contributed by atoms with Crippen molar-refractivity contribution >= 4 is 17.5 Å². The second-order valence-electron chi connectivity index (χ2n) is 5.47. The average molecular weight is 416 g/mol. The Hall–Kier alpha value is -2.74. The third kappa shape index (κ3) is 5.39. The van der Waals surface area contributed by atoms with Crippen LogP contribution in [0.3, 0.4) is 0 Å². The molecule has 0 unspecified atom stereocenters. The normalized spacial score (nSPS) is 10.5. The minimum absolute atomic E-state index is 0.0789. The summed E-state index contributed by atoms with van der Waals surface area (Å²) in [6.07, 6.45) is 0. The van der Waals surface area contributed by atoms with Gasteiger partial charge in [-0.05, 0) is 36.8 Å². The highest BCUT2D eigenvalue weighted by Crippen LogP contribution is 2.36. The Morgan fingerprint density at radius 1 is 1.11 bits per heavy atom. The van der Waals surface area contributed by atoms with Crippen LogP contribution < -0.4 is 24.3 Å². The van der Waals surface area contributed by atoms with Crippen molar-refractivity contribution in [2.24, 2.45) is 0 Å². The fraction of sp³-hybridized carbons (Fsp3) is 0.316. The molecule has 0 saturated carbocycles. The molecule has 0 radical (unpaired) electrons. The van der Waals surface area contributed by atoms with E-state index < -0.39 is 12.5 Å². The molecule has 0 heterocycles. The molecule has 0 aliphatic carbocycles. The Bertz CT molecular complexity index is 832. The number of amides is 1. The number of hydrogen-bond donors (Lipinski definition) is 1. The molecule has 0 spiro atoms. The Labute approximate surface area is 166 Å². The summed E-state index contributed by atoms with van der Waals surface area (Å²) in [7, 11) is 2.79. The molecule has 0 aromatic heterocycles. The molecular weight excluding hydrogens is 396 g/mol. The van der Waals surface area contributed by atoms with E-state index in [0.717, 1.165) is 0 Å². The van der Waals surface area contributed by atoms with Crippen LogP contribution in [0.4, 0.5) is 8.78 Å². The van der Waals surface area contributed by atoms with Gasteiger partial charge in [0.15, 0.2) is 23.0 Å². The van der Waals surface area contributed by atoms with Crippen molar-refractivity contribution in [1.29, 1.82) is 0 Å². The van der Waals surface area contributed by atoms with Gasteiger partial charge in [0.25, 0.3) is 5.91 Å². The molecule has 28 heavy (non-hydrogen) atoms. The van der Waals surface area contributed by atoms with E-state index in [2.05, 4.69) is 10.1 Å². The lowest BCUT2D eigenvalue weighted by Gasteiger charge is -2.14. The molecule has 0 saturated heterocycles. The van der Waals surface area contributed by atoms with Crippen LogP contribution in [0.5, 0.6) is 23.0 Å². The van der Waals surface area contributed by atoms with Crippen LogP contribution in [0.15, 0.2) is 30.3 Å². The highest BCUT2D eigenvalue weighted by Gasteiger charge is 2.16. The van der Waals surface area contributed by atoms with E-state index >= 15 is 0 Å². The zero-order valence-corrected chi connectivity index (χ0v) is 16.3. The molecule has 0 atom stereocenters. The fourth-order valence-electron chi connectivity index (χ4n) is 2.44. The first-order chi connectivity index (χ1) is 13.4. The summed E-state index contributed by atoms with van der Waals surface area (Å²) in [5.41, 5.74) is 0.816. The molecule has 6 nitrogen and oxygen atoms in total. The summed E-state index contributed by atoms with van der Waals surface area (Å²) in [5.74, 6) is 0.313. The summed E-state index contributed by atoms with van der Waals surface area (Å²) in [5, 5.41) is 2.92. The van der Waals surface area contributed by atoms with Crippen LogP contribution in [-0.2, 0) is 6.54 Å². The van der Waals surface area contributed by atoms with E-state index in [1.165, 1.54) is 38.5 Å². The van der Waals surface area contributed by atoms with Crippen LogP contribution in [0.1, 0.15) is 22.8 Å². The topological polar surface area (TPSA) is 66.0 Å². The molecular formula is C19H20ClF2NO5. The first-order valence-corrected chi connectivity index (χ1v) is 8.67. The summed E-state index contributed by atoms with van der Waals surface area (Å²) in [6.45, 7) is -0.716. The minimum Gasteiger partial charge on any atom is -0.493 e. The monoisotopic (exact) mass is 415 g/mol. The smallest absolute Gasteiger partial charge is 0.387 e. The molecule has 0 aliphatic rings. The van der Waals surface area contributed by atoms with Gasteiger partial charge < -0.3 is 24.3 Å². The zero-order chi connectivity index (χ0) is 20.7. The highest BCUT2D eigenvalue weighted by atomic mass is 35.5. The van der Waals surface area contributed by atoms with Crippen molar-refractivity contribution in [3.05, 3.63) is 46.5 Å². The molecule has 2 aromatic carbocycles. The maximum Gasteiger partial charge on any atom is 0.387 e. The lowest BCUT2D eigenvalue weighted by Crippen LogP contribution is -2.23. The standard InChI is InChI=1S/C19H20ClF2NO5/c1-4-27-17-13(20)8-12(9-16(17)26-3)18(24)23-10-11-5-6-14(25-2)15(7-11)28-19(21)22/h5-9,19H,4,10H2,1-3H3,(H,23,24). The number of rotatable bonds is 9. The van der Waals surface area contributed by atoms with Gasteiger partial charge in [0, 0.05) is 12.1 Å². The molecule has 9 heteroatoms. The zero-order valence-electron chi connectivity index (χ0n) is 15.6. The molecule has 2 rings (SSSR count). The number of alkyl halides is 2. The van der Waals surface area contributed by atoms with E-state index in [4.69, 9.17) is 25.8 Å². The Kier molecular flexibility index (Phi) is 7.69. The first-order valence-electron chi connectivity index (χ1n) is 8.29. The Morgan fingerprint density at radius 3 is 2.43 bits per heavy atom. The van der Waals surface area contributed by atoms with E-state index in [0.29, 0.717) is 23.7 Å². The quantitative estimate of drug-likeness (QED) is 0.662. The van der Waals surface area contributed by atoms with Gasteiger partial charge in [-0.3, -0.25) is 4.79 Å². The Morgan fingerprint density at radius 2 is 1.82 bits per heavy atom. The van der Waals surface area contributed by atoms with E-state index in [1.807, 2.05) is 0 Å². The predicted octanol–water partition coefficient (Wildman–Crippen LogP) is 4.29. The van der Waals surface area contributed by atoms with Crippen LogP contribution >= 0.6 is 11.6 Å². The fourth-order valence-corrected chi connectivity index (χ4v) is 2.70. The number of methoxy groups -OCH3 is 2. The van der Waals surface area contributed by atoms with Gasteiger partial charge >= 0.3 is 6.61 Å². The number of carbonyl (C=O) groups excluding carboxylic acids is 1. The molecule has 0 bridgehead atoms. The summed E-state index contributed by atoms with van der Waals surface area (Å²) < 4.78 is 45.1. The van der Waals surface area contributed by atoms with E-state index in [1.54, 1.807) is 13.0 Å². The largest absolute Gasteiger partial charge is 0.493 e. The highest BCUT2D eigenvalue weighted by molar-refractivity contribution is 6.32. The van der Waals surface area contributed by atoms with Crippen LogP contribution in [0.25, 0.3) is 0 Å². The van der Waals surface area contributed by atoms with Crippen molar-refractivity contribution in [2.45, 2.75) is 20.1 Å². The maximum absolute atomic E-state index is 12.5. The number of carbonyl (C=O) groups is 1. The molecule has 0 aliphatic heterocycles. The molecule has 1 amide bonds. The lowest BCUT2D eigenvalue weighted by atomic mass is 10.1. The third-order valence-electron chi connectivity index (χ3n) is 3.68. The van der Waals surface area contributed by atoms with Crippen molar-refractivity contribution < 1.29 is 32.5 Å². The minimum atomic E-state index is -2.99. The lowest BCUT2D eigenvalue weighted by molar-refractivity contribution is -0.0512. The van der Waals surface area contributed by atoms with Gasteiger partial charge in [-0.2, -0.15) is 8.78 Å². The second-order valence-corrected chi connectivity index (χ2v) is 5.88. The van der Waals surface area contributed by atoms with E-state index in [-0.39, 0.29) is 28.6 Å². The maximum atomic E-state index is 12.5. The average Bonchev–Trinajstić information content (AvgIpc) is 2.67. The van der Waals surface area contributed by atoms with Crippen molar-refractivity contribution in [3.8, 4) is 23.0 Å². The third-order valence-corrected chi connectivity index (χ3v) is 3.96. The van der Waals surface area contributed by atoms with Gasteiger partial charge in [0.2, 0.25) is 0 Å². The van der Waals surface area contributed by atoms with Crippen molar-refractivity contribution in [1.82, 2.24) is 5.32 Å². The van der Waals surface area contributed by atoms with Gasteiger partial charge in [-0.1, -0.05) is 17.7 Å². The van der Waals surface area contributed by atoms with Gasteiger partial charge in [-0.25, -0.2) is 0 Å². The number of ether oxygens (including phenoxy) is 4. The predicted molar refractivity (Wildman–Crippen MR) is 100.0 cm³/mol. The van der Waals surface area contributed by atoms with Gasteiger partial charge in [-0.15, -0.1) is 0 Å². The van der Waals surface area contributed by atoms with Crippen LogP contribution in [-0.4, -0.2) is 33.3 Å². The first kappa shape index (κ1) is 21.6. The number of hydrogen-bond acceptors (Lipinski definition) is 5. The molecule has 2 aromatic rings. The number of nitrogens with one attached hydrogen (secondary N) is 1. The summed E-state index contributed by atoms with van der Waals surface area (Å²) in [4.78, 5) is 12.5. The number of benzene rings is 2. The van der Waals surface area contributed by atoms with Gasteiger partial charge in [0.05, 0.1) is 25.8 Å². The SMILES string of the molecule is CCOc1c(Cl)cc(C(=O)NCc2ccc(OC)c(OC(F)F)c2)cc1OC. The molecule has 1 N–H and O–H groups in total. The van der Waals surface area contributed by atoms with Crippen molar-refractivity contribution in [2.75, 3.05) is 20.8 Å². The van der Waals surface area contributed by atoms with Crippen molar-refractivity contribution in [3.63, 3.8) is 0 Å². The Balaban J connectivity index is 2.15. The van der Waals surface area contributed by atoms with Gasteiger partial charge in [0.1, 0.15) is 0 Å². The van der Waals surface area contributed by atoms with Crippen LogP contribution in [0, 0.1) is 0 Å². The van der Waals surface area contributed by atoms with Crippen LogP contribution in [0.2, 0.25) is 5.02 Å². The summed E-state index contributed by atoms with van der Waals surface area (Å²) in [6, 6.07) is 7.45. The number of halogens is 3. The summed E-state index contributed by atoms with van der Waals surface area (Å²) >= 11 is 6.17. The van der Waals surface area contributed by atoms with E-state index in [9.17, 15) is 13.6 Å². The molecule has 0 fully saturated rings.